The number of hydrogen-bond donors (Lipinski definition) is 0. The minimum Gasteiger partial charge on any atom is -0.383 e. The molecular formula is C18H22N2O. The number of hydrogen-bond acceptors (Lipinski definition) is 3. The standard InChI is InChI=1S/C18H22N2O/c1-21-14-13-20-15-19(17-9-5-6-10-18(17)20)12-11-16-7-3-2-4-8-16/h2-10H,11-15H2,1H3. The van der Waals surface area contributed by atoms with E-state index in [1.807, 2.05) is 0 Å². The van der Waals surface area contributed by atoms with Crippen molar-refractivity contribution in [3.05, 3.63) is 60.2 Å². The van der Waals surface area contributed by atoms with E-state index >= 15 is 0 Å². The number of methoxy groups -OCH3 is 1. The third-order valence-corrected chi connectivity index (χ3v) is 3.98. The highest BCUT2D eigenvalue weighted by atomic mass is 16.5. The lowest BCUT2D eigenvalue weighted by molar-refractivity contribution is 0.205. The molecule has 0 amide bonds. The van der Waals surface area contributed by atoms with Crippen molar-refractivity contribution < 1.29 is 4.74 Å². The molecule has 0 atom stereocenters. The highest BCUT2D eigenvalue weighted by molar-refractivity contribution is 5.76. The van der Waals surface area contributed by atoms with Crippen LogP contribution in [0.2, 0.25) is 0 Å². The Labute approximate surface area is 126 Å². The van der Waals surface area contributed by atoms with Gasteiger partial charge in [0.05, 0.1) is 24.7 Å². The van der Waals surface area contributed by atoms with Gasteiger partial charge in [-0.25, -0.2) is 0 Å². The average Bonchev–Trinajstić information content (AvgIpc) is 2.90. The molecule has 0 fully saturated rings. The largest absolute Gasteiger partial charge is 0.383 e. The van der Waals surface area contributed by atoms with Crippen LogP contribution in [0, 0.1) is 0 Å². The first-order chi connectivity index (χ1) is 10.4. The molecule has 1 aliphatic rings. The molecule has 21 heavy (non-hydrogen) atoms. The first kappa shape index (κ1) is 14.0. The van der Waals surface area contributed by atoms with Crippen LogP contribution in [-0.4, -0.2) is 33.5 Å². The summed E-state index contributed by atoms with van der Waals surface area (Å²) in [6.45, 7) is 3.70. The van der Waals surface area contributed by atoms with Crippen LogP contribution in [0.4, 0.5) is 11.4 Å². The highest BCUT2D eigenvalue weighted by Crippen LogP contribution is 2.35. The molecule has 0 radical (unpaired) electrons. The Morgan fingerprint density at radius 1 is 0.857 bits per heavy atom. The van der Waals surface area contributed by atoms with Crippen molar-refractivity contribution in [1.82, 2.24) is 0 Å². The molecule has 0 aromatic heterocycles. The first-order valence-corrected chi connectivity index (χ1v) is 7.50. The van der Waals surface area contributed by atoms with Crippen molar-refractivity contribution in [3.63, 3.8) is 0 Å². The zero-order valence-corrected chi connectivity index (χ0v) is 12.5. The van der Waals surface area contributed by atoms with Crippen LogP contribution in [0.15, 0.2) is 54.6 Å². The van der Waals surface area contributed by atoms with E-state index in [9.17, 15) is 0 Å². The SMILES string of the molecule is COCCN1CN(CCc2ccccc2)c2ccccc21. The normalized spacial score (nSPS) is 13.6. The molecule has 3 heteroatoms. The number of rotatable bonds is 6. The minimum atomic E-state index is 0.765. The molecule has 0 N–H and O–H groups in total. The summed E-state index contributed by atoms with van der Waals surface area (Å²) in [5.41, 5.74) is 4.05. The Morgan fingerprint density at radius 2 is 1.48 bits per heavy atom. The summed E-state index contributed by atoms with van der Waals surface area (Å²) in [5, 5.41) is 0. The molecule has 1 heterocycles. The van der Waals surface area contributed by atoms with Crippen LogP contribution in [0.3, 0.4) is 0 Å². The maximum atomic E-state index is 5.22. The number of anilines is 2. The molecule has 0 aliphatic carbocycles. The average molecular weight is 282 g/mol. The highest BCUT2D eigenvalue weighted by Gasteiger charge is 2.24. The molecular weight excluding hydrogens is 260 g/mol. The van der Waals surface area contributed by atoms with E-state index in [1.54, 1.807) is 7.11 Å². The molecule has 0 bridgehead atoms. The van der Waals surface area contributed by atoms with E-state index in [2.05, 4.69) is 64.4 Å². The first-order valence-electron chi connectivity index (χ1n) is 7.50. The lowest BCUT2D eigenvalue weighted by atomic mass is 10.1. The summed E-state index contributed by atoms with van der Waals surface area (Å²) in [5.74, 6) is 0. The van der Waals surface area contributed by atoms with Gasteiger partial charge in [-0.15, -0.1) is 0 Å². The molecule has 2 aromatic rings. The van der Waals surface area contributed by atoms with Crippen molar-refractivity contribution in [1.29, 1.82) is 0 Å². The summed E-state index contributed by atoms with van der Waals surface area (Å²) < 4.78 is 5.22. The summed E-state index contributed by atoms with van der Waals surface area (Å²) in [7, 11) is 1.76. The third kappa shape index (κ3) is 3.19. The fourth-order valence-electron chi connectivity index (χ4n) is 2.85. The van der Waals surface area contributed by atoms with E-state index in [0.29, 0.717) is 0 Å². The molecule has 1 aliphatic heterocycles. The van der Waals surface area contributed by atoms with Gasteiger partial charge in [-0.1, -0.05) is 42.5 Å². The van der Waals surface area contributed by atoms with Gasteiger partial charge in [0.2, 0.25) is 0 Å². The van der Waals surface area contributed by atoms with E-state index in [1.165, 1.54) is 16.9 Å². The number of ether oxygens (including phenoxy) is 1. The zero-order valence-electron chi connectivity index (χ0n) is 12.5. The Morgan fingerprint density at radius 3 is 2.14 bits per heavy atom. The maximum absolute atomic E-state index is 5.22. The summed E-state index contributed by atoms with van der Waals surface area (Å²) in [6, 6.07) is 19.3. The van der Waals surface area contributed by atoms with Crippen molar-refractivity contribution in [2.45, 2.75) is 6.42 Å². The fraction of sp³-hybridized carbons (Fsp3) is 0.333. The van der Waals surface area contributed by atoms with Crippen molar-refractivity contribution in [2.24, 2.45) is 0 Å². The fourth-order valence-corrected chi connectivity index (χ4v) is 2.85. The predicted molar refractivity (Wildman–Crippen MR) is 88.0 cm³/mol. The van der Waals surface area contributed by atoms with E-state index < -0.39 is 0 Å². The number of nitrogens with zero attached hydrogens (tertiary/aromatic N) is 2. The molecule has 0 spiro atoms. The van der Waals surface area contributed by atoms with E-state index in [0.717, 1.165) is 32.8 Å². The van der Waals surface area contributed by atoms with Crippen LogP contribution < -0.4 is 9.80 Å². The van der Waals surface area contributed by atoms with Gasteiger partial charge in [-0.3, -0.25) is 0 Å². The predicted octanol–water partition coefficient (Wildman–Crippen LogP) is 3.16. The molecule has 0 unspecified atom stereocenters. The van der Waals surface area contributed by atoms with Gasteiger partial charge >= 0.3 is 0 Å². The topological polar surface area (TPSA) is 15.7 Å². The third-order valence-electron chi connectivity index (χ3n) is 3.98. The van der Waals surface area contributed by atoms with Crippen LogP contribution in [0.1, 0.15) is 5.56 Å². The number of fused-ring (bicyclic) bond motifs is 1. The quantitative estimate of drug-likeness (QED) is 0.809. The molecule has 2 aromatic carbocycles. The second kappa shape index (κ2) is 6.64. The summed E-state index contributed by atoms with van der Waals surface area (Å²) in [4.78, 5) is 4.85. The van der Waals surface area contributed by atoms with Gasteiger partial charge in [0.25, 0.3) is 0 Å². The van der Waals surface area contributed by atoms with Gasteiger partial charge in [0.15, 0.2) is 0 Å². The van der Waals surface area contributed by atoms with E-state index in [4.69, 9.17) is 4.74 Å². The van der Waals surface area contributed by atoms with E-state index in [-0.39, 0.29) is 0 Å². The lowest BCUT2D eigenvalue weighted by Gasteiger charge is -2.21. The van der Waals surface area contributed by atoms with Gasteiger partial charge in [-0.2, -0.15) is 0 Å². The van der Waals surface area contributed by atoms with Crippen molar-refractivity contribution >= 4 is 11.4 Å². The van der Waals surface area contributed by atoms with Gasteiger partial charge in [0, 0.05) is 20.2 Å². The summed E-state index contributed by atoms with van der Waals surface area (Å²) >= 11 is 0. The molecule has 0 saturated carbocycles. The molecule has 3 nitrogen and oxygen atoms in total. The Bertz CT molecular complexity index is 570. The molecule has 3 rings (SSSR count). The van der Waals surface area contributed by atoms with Crippen LogP contribution >= 0.6 is 0 Å². The Balaban J connectivity index is 1.69. The Kier molecular flexibility index (Phi) is 4.41. The van der Waals surface area contributed by atoms with Crippen LogP contribution in [0.5, 0.6) is 0 Å². The number of para-hydroxylation sites is 2. The second-order valence-electron chi connectivity index (χ2n) is 5.39. The second-order valence-corrected chi connectivity index (χ2v) is 5.39. The monoisotopic (exact) mass is 282 g/mol. The Hall–Kier alpha value is -2.00. The van der Waals surface area contributed by atoms with Gasteiger partial charge in [0.1, 0.15) is 0 Å². The zero-order chi connectivity index (χ0) is 14.5. The number of benzene rings is 2. The van der Waals surface area contributed by atoms with Crippen LogP contribution in [0.25, 0.3) is 0 Å². The van der Waals surface area contributed by atoms with Gasteiger partial charge in [-0.05, 0) is 24.1 Å². The smallest absolute Gasteiger partial charge is 0.0905 e. The van der Waals surface area contributed by atoms with Crippen LogP contribution in [-0.2, 0) is 11.2 Å². The lowest BCUT2D eigenvalue weighted by Crippen LogP contribution is -2.34. The maximum Gasteiger partial charge on any atom is 0.0905 e. The van der Waals surface area contributed by atoms with Gasteiger partial charge < -0.3 is 14.5 Å². The molecule has 110 valence electrons. The molecule has 0 saturated heterocycles. The van der Waals surface area contributed by atoms with Crippen molar-refractivity contribution in [2.75, 3.05) is 43.3 Å². The van der Waals surface area contributed by atoms with Crippen molar-refractivity contribution in [3.8, 4) is 0 Å². The minimum absolute atomic E-state index is 0.765. The summed E-state index contributed by atoms with van der Waals surface area (Å²) in [6.07, 6.45) is 1.08.